The van der Waals surface area contributed by atoms with Crippen molar-refractivity contribution < 1.29 is 4.79 Å². The first-order chi connectivity index (χ1) is 10.0. The van der Waals surface area contributed by atoms with Gasteiger partial charge in [0.25, 0.3) is 0 Å². The maximum Gasteiger partial charge on any atom is 0.317 e. The number of fused-ring (bicyclic) bond motifs is 1. The van der Waals surface area contributed by atoms with Gasteiger partial charge in [-0.15, -0.1) is 0 Å². The Morgan fingerprint density at radius 2 is 2.43 bits per heavy atom. The van der Waals surface area contributed by atoms with Gasteiger partial charge in [-0.05, 0) is 26.2 Å². The molecule has 21 heavy (non-hydrogen) atoms. The lowest BCUT2D eigenvalue weighted by atomic mass is 9.99. The summed E-state index contributed by atoms with van der Waals surface area (Å²) < 4.78 is 2.38. The van der Waals surface area contributed by atoms with E-state index in [-0.39, 0.29) is 10.8 Å². The van der Waals surface area contributed by atoms with Crippen molar-refractivity contribution >= 4 is 17.8 Å². The molecule has 6 heteroatoms. The van der Waals surface area contributed by atoms with Crippen LogP contribution in [-0.2, 0) is 13.0 Å². The van der Waals surface area contributed by atoms with E-state index in [1.165, 1.54) is 5.82 Å². The smallest absolute Gasteiger partial charge is 0.317 e. The molecule has 2 amide bonds. The largest absolute Gasteiger partial charge is 0.338 e. The molecular weight excluding hydrogens is 284 g/mol. The Labute approximate surface area is 130 Å². The highest BCUT2D eigenvalue weighted by Gasteiger charge is 2.30. The number of imidazole rings is 1. The number of nitrogens with zero attached hydrogens (tertiary/aromatic N) is 3. The monoisotopic (exact) mass is 308 g/mol. The SMILES string of the molecule is CC1(C)CN(C(=O)NCC2CCc3nccn3C2)CCS1. The van der Waals surface area contributed by atoms with E-state index >= 15 is 0 Å². The van der Waals surface area contributed by atoms with Crippen LogP contribution in [0.15, 0.2) is 12.4 Å². The van der Waals surface area contributed by atoms with E-state index in [4.69, 9.17) is 0 Å². The lowest BCUT2D eigenvalue weighted by molar-refractivity contribution is 0.191. The van der Waals surface area contributed by atoms with Crippen molar-refractivity contribution in [1.82, 2.24) is 19.8 Å². The van der Waals surface area contributed by atoms with Gasteiger partial charge in [0.1, 0.15) is 5.82 Å². The molecular formula is C15H24N4OS. The second-order valence-corrected chi connectivity index (χ2v) is 8.42. The van der Waals surface area contributed by atoms with Gasteiger partial charge >= 0.3 is 6.03 Å². The number of hydrogen-bond acceptors (Lipinski definition) is 3. The van der Waals surface area contributed by atoms with E-state index in [1.807, 2.05) is 29.1 Å². The Hall–Kier alpha value is -1.17. The highest BCUT2D eigenvalue weighted by atomic mass is 32.2. The summed E-state index contributed by atoms with van der Waals surface area (Å²) in [6.07, 6.45) is 6.02. The van der Waals surface area contributed by atoms with Gasteiger partial charge in [-0.2, -0.15) is 11.8 Å². The summed E-state index contributed by atoms with van der Waals surface area (Å²) in [6.45, 7) is 7.84. The molecule has 1 fully saturated rings. The Morgan fingerprint density at radius 3 is 3.24 bits per heavy atom. The Morgan fingerprint density at radius 1 is 1.57 bits per heavy atom. The summed E-state index contributed by atoms with van der Waals surface area (Å²) in [4.78, 5) is 18.6. The van der Waals surface area contributed by atoms with Crippen molar-refractivity contribution in [3.8, 4) is 0 Å². The van der Waals surface area contributed by atoms with Crippen LogP contribution in [0.1, 0.15) is 26.1 Å². The normalized spacial score (nSPS) is 24.5. The predicted molar refractivity (Wildman–Crippen MR) is 85.5 cm³/mol. The molecule has 1 N–H and O–H groups in total. The number of aromatic nitrogens is 2. The molecule has 2 aliphatic heterocycles. The van der Waals surface area contributed by atoms with Gasteiger partial charge in [0, 0.05) is 55.5 Å². The van der Waals surface area contributed by atoms with Gasteiger partial charge in [-0.25, -0.2) is 9.78 Å². The summed E-state index contributed by atoms with van der Waals surface area (Å²) in [5, 5.41) is 3.13. The van der Waals surface area contributed by atoms with Gasteiger partial charge in [0.2, 0.25) is 0 Å². The van der Waals surface area contributed by atoms with Crippen molar-refractivity contribution in [2.24, 2.45) is 5.92 Å². The Balaban J connectivity index is 1.48. The second kappa shape index (κ2) is 5.91. The van der Waals surface area contributed by atoms with E-state index in [2.05, 4.69) is 28.7 Å². The van der Waals surface area contributed by atoms with E-state index < -0.39 is 0 Å². The molecule has 0 saturated carbocycles. The van der Waals surface area contributed by atoms with Gasteiger partial charge in [0.05, 0.1) is 0 Å². The Bertz CT molecular complexity index is 514. The minimum Gasteiger partial charge on any atom is -0.338 e. The zero-order valence-corrected chi connectivity index (χ0v) is 13.7. The van der Waals surface area contributed by atoms with Crippen LogP contribution in [0.2, 0.25) is 0 Å². The zero-order chi connectivity index (χ0) is 14.9. The molecule has 0 aliphatic carbocycles. The van der Waals surface area contributed by atoms with Gasteiger partial charge in [-0.3, -0.25) is 0 Å². The minimum atomic E-state index is 0.0970. The third-order valence-corrected chi connectivity index (χ3v) is 5.58. The highest BCUT2D eigenvalue weighted by Crippen LogP contribution is 2.29. The summed E-state index contributed by atoms with van der Waals surface area (Å²) in [6, 6.07) is 0.0970. The van der Waals surface area contributed by atoms with E-state index in [1.54, 1.807) is 0 Å². The number of nitrogens with one attached hydrogen (secondary N) is 1. The molecule has 116 valence electrons. The third-order valence-electron chi connectivity index (χ3n) is 4.29. The molecule has 3 rings (SSSR count). The average molecular weight is 308 g/mol. The van der Waals surface area contributed by atoms with Gasteiger partial charge in [-0.1, -0.05) is 0 Å². The molecule has 1 aromatic rings. The average Bonchev–Trinajstić information content (AvgIpc) is 2.91. The van der Waals surface area contributed by atoms with Crippen molar-refractivity contribution in [1.29, 1.82) is 0 Å². The molecule has 5 nitrogen and oxygen atoms in total. The molecule has 1 unspecified atom stereocenters. The molecule has 1 aromatic heterocycles. The first kappa shape index (κ1) is 14.8. The third kappa shape index (κ3) is 3.54. The first-order valence-electron chi connectivity index (χ1n) is 7.70. The number of carbonyl (C=O) groups excluding carboxylic acids is 1. The number of urea groups is 1. The number of amides is 2. The van der Waals surface area contributed by atoms with E-state index in [9.17, 15) is 4.79 Å². The molecule has 1 atom stereocenters. The van der Waals surface area contributed by atoms with Gasteiger partial charge in [0.15, 0.2) is 0 Å². The highest BCUT2D eigenvalue weighted by molar-refractivity contribution is 8.00. The maximum absolute atomic E-state index is 12.3. The van der Waals surface area contributed by atoms with Crippen molar-refractivity contribution in [2.45, 2.75) is 38.0 Å². The lowest BCUT2D eigenvalue weighted by Crippen LogP contribution is -2.51. The van der Waals surface area contributed by atoms with Crippen LogP contribution in [0.25, 0.3) is 0 Å². The van der Waals surface area contributed by atoms with Gasteiger partial charge < -0.3 is 14.8 Å². The summed E-state index contributed by atoms with van der Waals surface area (Å²) in [5.41, 5.74) is 0. The number of rotatable bonds is 2. The molecule has 0 radical (unpaired) electrons. The van der Waals surface area contributed by atoms with Crippen LogP contribution < -0.4 is 5.32 Å². The molecule has 0 bridgehead atoms. The summed E-state index contributed by atoms with van der Waals surface area (Å²) in [7, 11) is 0. The quantitative estimate of drug-likeness (QED) is 0.909. The van der Waals surface area contributed by atoms with Crippen molar-refractivity contribution in [3.63, 3.8) is 0 Å². The summed E-state index contributed by atoms with van der Waals surface area (Å²) in [5.74, 6) is 2.72. The fourth-order valence-electron chi connectivity index (χ4n) is 3.14. The van der Waals surface area contributed by atoms with Crippen molar-refractivity contribution in [2.75, 3.05) is 25.4 Å². The van der Waals surface area contributed by atoms with Crippen molar-refractivity contribution in [3.05, 3.63) is 18.2 Å². The van der Waals surface area contributed by atoms with Crippen LogP contribution in [0, 0.1) is 5.92 Å². The molecule has 1 saturated heterocycles. The number of thioether (sulfide) groups is 1. The predicted octanol–water partition coefficient (Wildman–Crippen LogP) is 1.98. The standard InChI is InChI=1S/C15H24N4OS/c1-15(2)11-19(7-8-21-15)14(20)17-9-12-3-4-13-16-5-6-18(13)10-12/h5-6,12H,3-4,7-11H2,1-2H3,(H,17,20). The van der Waals surface area contributed by atoms with Crippen LogP contribution in [0.3, 0.4) is 0 Å². The second-order valence-electron chi connectivity index (χ2n) is 6.62. The fourth-order valence-corrected chi connectivity index (χ4v) is 4.25. The topological polar surface area (TPSA) is 50.2 Å². The number of aryl methyl sites for hydroxylation is 1. The number of hydrogen-bond donors (Lipinski definition) is 1. The van der Waals surface area contributed by atoms with E-state index in [0.29, 0.717) is 5.92 Å². The summed E-state index contributed by atoms with van der Waals surface area (Å²) >= 11 is 1.95. The fraction of sp³-hybridized carbons (Fsp3) is 0.733. The Kier molecular flexibility index (Phi) is 4.15. The zero-order valence-electron chi connectivity index (χ0n) is 12.8. The maximum atomic E-state index is 12.3. The molecule has 0 spiro atoms. The minimum absolute atomic E-state index is 0.0970. The van der Waals surface area contributed by atoms with Crippen LogP contribution in [0.5, 0.6) is 0 Å². The van der Waals surface area contributed by atoms with E-state index in [0.717, 1.165) is 44.8 Å². The molecule has 2 aliphatic rings. The molecule has 3 heterocycles. The lowest BCUT2D eigenvalue weighted by Gasteiger charge is -2.37. The first-order valence-corrected chi connectivity index (χ1v) is 8.69. The molecule has 0 aromatic carbocycles. The van der Waals surface area contributed by atoms with Crippen LogP contribution in [-0.4, -0.2) is 50.6 Å². The van der Waals surface area contributed by atoms with Crippen LogP contribution >= 0.6 is 11.8 Å². The number of carbonyl (C=O) groups is 1. The van der Waals surface area contributed by atoms with Crippen LogP contribution in [0.4, 0.5) is 4.79 Å².